The molecule has 0 saturated heterocycles. The van der Waals surface area contributed by atoms with Gasteiger partial charge in [0.05, 0.1) is 12.0 Å². The molecule has 0 aromatic rings. The van der Waals surface area contributed by atoms with Crippen molar-refractivity contribution >= 4 is 5.91 Å². The van der Waals surface area contributed by atoms with E-state index in [4.69, 9.17) is 5.26 Å². The second-order valence-corrected chi connectivity index (χ2v) is 3.21. The van der Waals surface area contributed by atoms with Crippen molar-refractivity contribution < 1.29 is 4.79 Å². The molecule has 0 saturated carbocycles. The third-order valence-corrected chi connectivity index (χ3v) is 1.91. The lowest BCUT2D eigenvalue weighted by atomic mass is 10.2. The monoisotopic (exact) mass is 182 g/mol. The van der Waals surface area contributed by atoms with Crippen LogP contribution in [0.4, 0.5) is 0 Å². The molecule has 0 radical (unpaired) electrons. The molecule has 0 bridgehead atoms. The maximum atomic E-state index is 11.4. The Bertz CT molecular complexity index is 196. The number of rotatable bonds is 5. The standard InChI is InChI=1S/C10H18N2O/c1-4-6-10(13)12(5-2)8-9(3)7-11/h9H,4-6,8H2,1-3H3. The molecule has 1 atom stereocenters. The van der Waals surface area contributed by atoms with Crippen molar-refractivity contribution in [2.24, 2.45) is 5.92 Å². The normalized spacial score (nSPS) is 11.8. The molecular weight excluding hydrogens is 164 g/mol. The van der Waals surface area contributed by atoms with Gasteiger partial charge >= 0.3 is 0 Å². The Labute approximate surface area is 80.3 Å². The highest BCUT2D eigenvalue weighted by Crippen LogP contribution is 2.02. The fourth-order valence-electron chi connectivity index (χ4n) is 1.15. The smallest absolute Gasteiger partial charge is 0.222 e. The van der Waals surface area contributed by atoms with E-state index in [1.54, 1.807) is 4.90 Å². The van der Waals surface area contributed by atoms with Crippen LogP contribution in [0.3, 0.4) is 0 Å². The molecule has 1 amide bonds. The van der Waals surface area contributed by atoms with E-state index in [1.807, 2.05) is 20.8 Å². The Morgan fingerprint density at radius 3 is 2.54 bits per heavy atom. The average Bonchev–Trinajstić information content (AvgIpc) is 2.14. The fraction of sp³-hybridized carbons (Fsp3) is 0.800. The summed E-state index contributed by atoms with van der Waals surface area (Å²) in [6.07, 6.45) is 1.46. The first-order chi connectivity index (χ1) is 6.15. The third-order valence-electron chi connectivity index (χ3n) is 1.91. The van der Waals surface area contributed by atoms with E-state index in [2.05, 4.69) is 6.07 Å². The zero-order chi connectivity index (χ0) is 10.3. The highest BCUT2D eigenvalue weighted by molar-refractivity contribution is 5.76. The minimum atomic E-state index is -0.0687. The van der Waals surface area contributed by atoms with Crippen LogP contribution in [-0.4, -0.2) is 23.9 Å². The zero-order valence-electron chi connectivity index (χ0n) is 8.71. The Morgan fingerprint density at radius 1 is 1.54 bits per heavy atom. The quantitative estimate of drug-likeness (QED) is 0.650. The molecule has 1 unspecified atom stereocenters. The molecule has 0 spiro atoms. The van der Waals surface area contributed by atoms with Gasteiger partial charge in [-0.05, 0) is 20.3 Å². The molecule has 0 heterocycles. The van der Waals surface area contributed by atoms with Crippen molar-refractivity contribution in [3.8, 4) is 6.07 Å². The summed E-state index contributed by atoms with van der Waals surface area (Å²) in [6, 6.07) is 2.13. The van der Waals surface area contributed by atoms with Crippen LogP contribution in [0.2, 0.25) is 0 Å². The molecule has 13 heavy (non-hydrogen) atoms. The Balaban J connectivity index is 4.03. The van der Waals surface area contributed by atoms with Crippen molar-refractivity contribution in [3.63, 3.8) is 0 Å². The van der Waals surface area contributed by atoms with Gasteiger partial charge in [0.2, 0.25) is 5.91 Å². The fourth-order valence-corrected chi connectivity index (χ4v) is 1.15. The predicted octanol–water partition coefficient (Wildman–Crippen LogP) is 1.79. The molecule has 0 aromatic heterocycles. The van der Waals surface area contributed by atoms with E-state index in [1.165, 1.54) is 0 Å². The van der Waals surface area contributed by atoms with E-state index < -0.39 is 0 Å². The predicted molar refractivity (Wildman–Crippen MR) is 51.9 cm³/mol. The van der Waals surface area contributed by atoms with Gasteiger partial charge in [0.1, 0.15) is 0 Å². The number of carbonyl (C=O) groups excluding carboxylic acids is 1. The Kier molecular flexibility index (Phi) is 5.96. The Morgan fingerprint density at radius 2 is 2.15 bits per heavy atom. The van der Waals surface area contributed by atoms with Crippen LogP contribution in [0.25, 0.3) is 0 Å². The first-order valence-corrected chi connectivity index (χ1v) is 4.83. The second kappa shape index (κ2) is 6.47. The molecule has 0 N–H and O–H groups in total. The lowest BCUT2D eigenvalue weighted by Crippen LogP contribution is -2.34. The van der Waals surface area contributed by atoms with Crippen LogP contribution in [0.5, 0.6) is 0 Å². The van der Waals surface area contributed by atoms with E-state index in [-0.39, 0.29) is 11.8 Å². The van der Waals surface area contributed by atoms with Crippen molar-refractivity contribution in [1.82, 2.24) is 4.90 Å². The maximum absolute atomic E-state index is 11.4. The van der Waals surface area contributed by atoms with Crippen molar-refractivity contribution in [2.45, 2.75) is 33.6 Å². The van der Waals surface area contributed by atoms with Crippen LogP contribution in [0.15, 0.2) is 0 Å². The Hall–Kier alpha value is -1.04. The number of hydrogen-bond acceptors (Lipinski definition) is 2. The molecule has 74 valence electrons. The van der Waals surface area contributed by atoms with Gasteiger partial charge in [-0.2, -0.15) is 5.26 Å². The van der Waals surface area contributed by atoms with Crippen LogP contribution >= 0.6 is 0 Å². The number of carbonyl (C=O) groups is 1. The molecule has 0 aliphatic heterocycles. The van der Waals surface area contributed by atoms with Crippen LogP contribution in [0, 0.1) is 17.2 Å². The summed E-state index contributed by atoms with van der Waals surface area (Å²) in [5.74, 6) is 0.0906. The molecular formula is C10H18N2O. The average molecular weight is 182 g/mol. The highest BCUT2D eigenvalue weighted by atomic mass is 16.2. The van der Waals surface area contributed by atoms with Gasteiger partial charge in [-0.25, -0.2) is 0 Å². The maximum Gasteiger partial charge on any atom is 0.222 e. The summed E-state index contributed by atoms with van der Waals surface area (Å²) in [4.78, 5) is 13.2. The summed E-state index contributed by atoms with van der Waals surface area (Å²) in [7, 11) is 0. The molecule has 0 aromatic carbocycles. The van der Waals surface area contributed by atoms with Crippen LogP contribution < -0.4 is 0 Å². The van der Waals surface area contributed by atoms with E-state index in [9.17, 15) is 4.79 Å². The zero-order valence-corrected chi connectivity index (χ0v) is 8.71. The van der Waals surface area contributed by atoms with Gasteiger partial charge in [-0.3, -0.25) is 4.79 Å². The van der Waals surface area contributed by atoms with Crippen molar-refractivity contribution in [2.75, 3.05) is 13.1 Å². The number of nitrogens with zero attached hydrogens (tertiary/aromatic N) is 2. The summed E-state index contributed by atoms with van der Waals surface area (Å²) in [5.41, 5.74) is 0. The summed E-state index contributed by atoms with van der Waals surface area (Å²) in [5, 5.41) is 8.60. The largest absolute Gasteiger partial charge is 0.342 e. The lowest BCUT2D eigenvalue weighted by molar-refractivity contribution is -0.131. The highest BCUT2D eigenvalue weighted by Gasteiger charge is 2.12. The SMILES string of the molecule is CCCC(=O)N(CC)CC(C)C#N. The molecule has 0 fully saturated rings. The topological polar surface area (TPSA) is 44.1 Å². The van der Waals surface area contributed by atoms with Gasteiger partial charge in [0.15, 0.2) is 0 Å². The van der Waals surface area contributed by atoms with E-state index >= 15 is 0 Å². The minimum Gasteiger partial charge on any atom is -0.342 e. The molecule has 3 nitrogen and oxygen atoms in total. The number of hydrogen-bond donors (Lipinski definition) is 0. The molecule has 0 aliphatic carbocycles. The van der Waals surface area contributed by atoms with Gasteiger partial charge in [-0.15, -0.1) is 0 Å². The summed E-state index contributed by atoms with van der Waals surface area (Å²) < 4.78 is 0. The van der Waals surface area contributed by atoms with E-state index in [0.29, 0.717) is 19.5 Å². The summed E-state index contributed by atoms with van der Waals surface area (Å²) in [6.45, 7) is 7.02. The van der Waals surface area contributed by atoms with Crippen LogP contribution in [0.1, 0.15) is 33.6 Å². The van der Waals surface area contributed by atoms with Crippen molar-refractivity contribution in [1.29, 1.82) is 5.26 Å². The minimum absolute atomic E-state index is 0.0687. The van der Waals surface area contributed by atoms with Gasteiger partial charge in [0.25, 0.3) is 0 Å². The molecule has 0 rings (SSSR count). The van der Waals surface area contributed by atoms with Crippen LogP contribution in [-0.2, 0) is 4.79 Å². The van der Waals surface area contributed by atoms with Gasteiger partial charge < -0.3 is 4.90 Å². The molecule has 0 aliphatic rings. The first-order valence-electron chi connectivity index (χ1n) is 4.83. The van der Waals surface area contributed by atoms with E-state index in [0.717, 1.165) is 6.42 Å². The molecule has 3 heteroatoms. The number of amides is 1. The van der Waals surface area contributed by atoms with Crippen molar-refractivity contribution in [3.05, 3.63) is 0 Å². The second-order valence-electron chi connectivity index (χ2n) is 3.21. The first kappa shape index (κ1) is 12.0. The van der Waals surface area contributed by atoms with Gasteiger partial charge in [0, 0.05) is 19.5 Å². The lowest BCUT2D eigenvalue weighted by Gasteiger charge is -2.21. The third kappa shape index (κ3) is 4.51. The van der Waals surface area contributed by atoms with Gasteiger partial charge in [-0.1, -0.05) is 6.92 Å². The number of nitriles is 1. The summed E-state index contributed by atoms with van der Waals surface area (Å²) >= 11 is 0.